The van der Waals surface area contributed by atoms with E-state index in [1.807, 2.05) is 35.7 Å². The molecule has 4 nitrogen and oxygen atoms in total. The molecule has 23 heavy (non-hydrogen) atoms. The van der Waals surface area contributed by atoms with Crippen molar-refractivity contribution >= 4 is 42.1 Å². The van der Waals surface area contributed by atoms with Crippen molar-refractivity contribution in [3.63, 3.8) is 0 Å². The van der Waals surface area contributed by atoms with Crippen LogP contribution in [0.3, 0.4) is 0 Å². The van der Waals surface area contributed by atoms with E-state index in [1.54, 1.807) is 18.3 Å². The van der Waals surface area contributed by atoms with Gasteiger partial charge in [0.1, 0.15) is 5.54 Å². The van der Waals surface area contributed by atoms with Gasteiger partial charge in [0.2, 0.25) is 5.91 Å². The molecule has 1 heterocycles. The van der Waals surface area contributed by atoms with Crippen molar-refractivity contribution in [2.75, 3.05) is 6.54 Å². The van der Waals surface area contributed by atoms with Crippen LogP contribution in [0.5, 0.6) is 0 Å². The number of hydrogen-bond acceptors (Lipinski definition) is 4. The average molecular weight is 376 g/mol. The lowest BCUT2D eigenvalue weighted by Crippen LogP contribution is -2.49. The number of nitrogens with two attached hydrogens (primary N) is 1. The van der Waals surface area contributed by atoms with Crippen LogP contribution in [0.25, 0.3) is 0 Å². The number of rotatable bonds is 6. The van der Waals surface area contributed by atoms with Gasteiger partial charge in [-0.25, -0.2) is 4.98 Å². The molecule has 7 heteroatoms. The van der Waals surface area contributed by atoms with Gasteiger partial charge >= 0.3 is 0 Å². The summed E-state index contributed by atoms with van der Waals surface area (Å²) in [5.74, 6) is -0.167. The van der Waals surface area contributed by atoms with Crippen LogP contribution in [-0.4, -0.2) is 17.4 Å². The summed E-state index contributed by atoms with van der Waals surface area (Å²) in [6, 6.07) is 9.41. The quantitative estimate of drug-likeness (QED) is 0.814. The lowest BCUT2D eigenvalue weighted by atomic mass is 9.92. The van der Waals surface area contributed by atoms with Gasteiger partial charge in [-0.3, -0.25) is 4.79 Å². The number of benzene rings is 1. The van der Waals surface area contributed by atoms with Crippen LogP contribution in [-0.2, 0) is 23.2 Å². The number of hydrogen-bond donors (Lipinski definition) is 2. The van der Waals surface area contributed by atoms with Crippen LogP contribution in [0.15, 0.2) is 35.7 Å². The Morgan fingerprint density at radius 2 is 1.96 bits per heavy atom. The smallest absolute Gasteiger partial charge is 0.244 e. The van der Waals surface area contributed by atoms with Gasteiger partial charge in [0, 0.05) is 18.3 Å². The highest BCUT2D eigenvalue weighted by molar-refractivity contribution is 7.09. The number of nitrogens with zero attached hydrogens (tertiary/aromatic N) is 1. The Morgan fingerprint density at radius 3 is 2.52 bits per heavy atom. The molecule has 3 N–H and O–H groups in total. The zero-order valence-electron chi connectivity index (χ0n) is 13.2. The van der Waals surface area contributed by atoms with Gasteiger partial charge in [-0.15, -0.1) is 36.2 Å². The zero-order valence-corrected chi connectivity index (χ0v) is 15.7. The van der Waals surface area contributed by atoms with Gasteiger partial charge in [0.05, 0.1) is 10.7 Å². The molecule has 2 rings (SSSR count). The number of thiazole rings is 1. The van der Waals surface area contributed by atoms with Crippen LogP contribution in [0.2, 0.25) is 0 Å². The molecular formula is C16H23Cl2N3OS. The van der Waals surface area contributed by atoms with Crippen molar-refractivity contribution in [3.05, 3.63) is 52.0 Å². The topological polar surface area (TPSA) is 68.0 Å². The molecule has 0 saturated carbocycles. The summed E-state index contributed by atoms with van der Waals surface area (Å²) in [5, 5.41) is 6.07. The maximum Gasteiger partial charge on any atom is 0.244 e. The van der Waals surface area contributed by atoms with Gasteiger partial charge in [0.15, 0.2) is 0 Å². The van der Waals surface area contributed by atoms with Crippen molar-refractivity contribution in [2.45, 2.75) is 32.2 Å². The Balaban J connectivity index is 0.00000242. The van der Waals surface area contributed by atoms with Crippen LogP contribution < -0.4 is 11.1 Å². The molecule has 128 valence electrons. The predicted octanol–water partition coefficient (Wildman–Crippen LogP) is 3.08. The second-order valence-electron chi connectivity index (χ2n) is 5.16. The molecule has 0 saturated heterocycles. The third-order valence-electron chi connectivity index (χ3n) is 3.41. The highest BCUT2D eigenvalue weighted by Gasteiger charge is 2.29. The minimum atomic E-state index is -1.02. The first-order chi connectivity index (χ1) is 10.0. The molecule has 2 aromatic rings. The summed E-state index contributed by atoms with van der Waals surface area (Å²) in [6.07, 6.45) is 1.68. The maximum absolute atomic E-state index is 12.3. The van der Waals surface area contributed by atoms with Crippen molar-refractivity contribution in [1.82, 2.24) is 10.3 Å². The van der Waals surface area contributed by atoms with Gasteiger partial charge in [-0.1, -0.05) is 37.3 Å². The number of carbonyl (C=O) groups excluding carboxylic acids is 1. The summed E-state index contributed by atoms with van der Waals surface area (Å²) in [6.45, 7) is 4.37. The Hall–Kier alpha value is -1.14. The van der Waals surface area contributed by atoms with Crippen LogP contribution in [0.1, 0.15) is 30.1 Å². The second kappa shape index (κ2) is 9.88. The molecule has 0 spiro atoms. The molecule has 0 aliphatic heterocycles. The Morgan fingerprint density at radius 1 is 1.30 bits per heavy atom. The highest BCUT2D eigenvalue weighted by Crippen LogP contribution is 2.17. The molecule has 1 aromatic carbocycles. The number of aromatic nitrogens is 1. The Bertz CT molecular complexity index is 602. The summed E-state index contributed by atoms with van der Waals surface area (Å²) in [7, 11) is 0. The van der Waals surface area contributed by atoms with E-state index in [1.165, 1.54) is 0 Å². The van der Waals surface area contributed by atoms with E-state index in [9.17, 15) is 4.79 Å². The van der Waals surface area contributed by atoms with Gasteiger partial charge in [-0.2, -0.15) is 0 Å². The van der Waals surface area contributed by atoms with E-state index in [0.717, 1.165) is 29.1 Å². The first-order valence-electron chi connectivity index (χ1n) is 7.10. The number of nitrogens with one attached hydrogen (secondary N) is 1. The molecule has 1 atom stereocenters. The third kappa shape index (κ3) is 5.77. The molecule has 1 amide bonds. The fourth-order valence-electron chi connectivity index (χ4n) is 2.03. The first-order valence-corrected chi connectivity index (χ1v) is 7.98. The molecule has 1 aromatic heterocycles. The Labute approximate surface area is 153 Å². The normalized spacial score (nSPS) is 12.5. The second-order valence-corrected chi connectivity index (χ2v) is 6.10. The molecule has 0 fully saturated rings. The van der Waals surface area contributed by atoms with E-state index >= 15 is 0 Å². The van der Waals surface area contributed by atoms with Crippen molar-refractivity contribution in [2.24, 2.45) is 5.73 Å². The predicted molar refractivity (Wildman–Crippen MR) is 101 cm³/mol. The molecule has 1 unspecified atom stereocenters. The maximum atomic E-state index is 12.3. The Kier molecular flexibility index (Phi) is 9.39. The molecule has 0 bridgehead atoms. The molecule has 0 aliphatic rings. The summed E-state index contributed by atoms with van der Waals surface area (Å²) in [4.78, 5) is 16.7. The van der Waals surface area contributed by atoms with Crippen molar-refractivity contribution < 1.29 is 4.79 Å². The minimum Gasteiger partial charge on any atom is -0.354 e. The SMILES string of the molecule is CCc1nc(CCNC(=O)C(C)(N)c2ccccc2)cs1.Cl.Cl. The van der Waals surface area contributed by atoms with Crippen molar-refractivity contribution in [1.29, 1.82) is 0 Å². The molecular weight excluding hydrogens is 353 g/mol. The first kappa shape index (κ1) is 21.9. The highest BCUT2D eigenvalue weighted by atomic mass is 35.5. The van der Waals surface area contributed by atoms with E-state index in [0.29, 0.717) is 6.54 Å². The van der Waals surface area contributed by atoms with E-state index in [-0.39, 0.29) is 30.7 Å². The molecule has 0 aliphatic carbocycles. The lowest BCUT2D eigenvalue weighted by Gasteiger charge is -2.24. The van der Waals surface area contributed by atoms with Gasteiger partial charge < -0.3 is 11.1 Å². The summed E-state index contributed by atoms with van der Waals surface area (Å²) in [5.41, 5.74) is 6.98. The average Bonchev–Trinajstić information content (AvgIpc) is 2.96. The monoisotopic (exact) mass is 375 g/mol. The third-order valence-corrected chi connectivity index (χ3v) is 4.46. The summed E-state index contributed by atoms with van der Waals surface area (Å²) < 4.78 is 0. The number of aryl methyl sites for hydroxylation is 1. The largest absolute Gasteiger partial charge is 0.354 e. The minimum absolute atomic E-state index is 0. The van der Waals surface area contributed by atoms with Crippen molar-refractivity contribution in [3.8, 4) is 0 Å². The zero-order chi connectivity index (χ0) is 15.3. The fraction of sp³-hybridized carbons (Fsp3) is 0.375. The fourth-order valence-corrected chi connectivity index (χ4v) is 2.81. The number of halogens is 2. The van der Waals surface area contributed by atoms with Crippen LogP contribution >= 0.6 is 36.2 Å². The standard InChI is InChI=1S/C16H21N3OS.2ClH/c1-3-14-19-13(11-21-14)9-10-18-15(20)16(2,17)12-7-5-4-6-8-12;;/h4-8,11H,3,9-10,17H2,1-2H3,(H,18,20);2*1H. The van der Waals surface area contributed by atoms with Crippen LogP contribution in [0, 0.1) is 0 Å². The van der Waals surface area contributed by atoms with Crippen LogP contribution in [0.4, 0.5) is 0 Å². The van der Waals surface area contributed by atoms with Gasteiger partial charge in [-0.05, 0) is 18.9 Å². The van der Waals surface area contributed by atoms with E-state index in [4.69, 9.17) is 5.73 Å². The van der Waals surface area contributed by atoms with E-state index < -0.39 is 5.54 Å². The van der Waals surface area contributed by atoms with E-state index in [2.05, 4.69) is 17.2 Å². The lowest BCUT2D eigenvalue weighted by molar-refractivity contribution is -0.126. The molecule has 0 radical (unpaired) electrons. The number of carbonyl (C=O) groups is 1. The summed E-state index contributed by atoms with van der Waals surface area (Å²) >= 11 is 1.66. The van der Waals surface area contributed by atoms with Gasteiger partial charge in [0.25, 0.3) is 0 Å². The number of amides is 1.